The predicted molar refractivity (Wildman–Crippen MR) is 85.9 cm³/mol. The molecule has 0 radical (unpaired) electrons. The van der Waals surface area contributed by atoms with Gasteiger partial charge in [0.25, 0.3) is 0 Å². The number of rotatable bonds is 4. The minimum Gasteiger partial charge on any atom is -0.461 e. The number of hydrogen-bond acceptors (Lipinski definition) is 2. The molecule has 0 aliphatic carbocycles. The van der Waals surface area contributed by atoms with Gasteiger partial charge in [-0.3, -0.25) is 4.79 Å². The summed E-state index contributed by atoms with van der Waals surface area (Å²) in [5.41, 5.74) is 2.62. The lowest BCUT2D eigenvalue weighted by molar-refractivity contribution is -0.144. The van der Waals surface area contributed by atoms with Gasteiger partial charge in [-0.05, 0) is 23.8 Å². The number of H-pyrrole nitrogens is 1. The number of hydrogen-bond donors (Lipinski definition) is 1. The number of aromatic nitrogens is 1. The Labute approximate surface area is 135 Å². The first-order chi connectivity index (χ1) is 10.6. The lowest BCUT2D eigenvalue weighted by atomic mass is 10.1. The van der Waals surface area contributed by atoms with Gasteiger partial charge < -0.3 is 9.72 Å². The molecule has 0 fully saturated rings. The molecule has 3 aromatic rings. The minimum absolute atomic E-state index is 0.113. The number of para-hydroxylation sites is 1. The average molecular weight is 362 g/mol. The first-order valence-electron chi connectivity index (χ1n) is 6.78. The van der Waals surface area contributed by atoms with Crippen molar-refractivity contribution in [1.29, 1.82) is 0 Å². The molecule has 22 heavy (non-hydrogen) atoms. The fraction of sp³-hybridized carbons (Fsp3) is 0.118. The highest BCUT2D eigenvalue weighted by molar-refractivity contribution is 9.10. The highest BCUT2D eigenvalue weighted by atomic mass is 79.9. The van der Waals surface area contributed by atoms with Crippen LogP contribution in [0.15, 0.2) is 53.1 Å². The second-order valence-corrected chi connectivity index (χ2v) is 5.79. The van der Waals surface area contributed by atoms with E-state index in [2.05, 4.69) is 20.9 Å². The molecule has 0 aliphatic heterocycles. The summed E-state index contributed by atoms with van der Waals surface area (Å²) in [4.78, 5) is 15.1. The fourth-order valence-corrected chi connectivity index (χ4v) is 2.75. The van der Waals surface area contributed by atoms with Crippen LogP contribution < -0.4 is 0 Å². The van der Waals surface area contributed by atoms with Crippen LogP contribution in [0.4, 0.5) is 4.39 Å². The van der Waals surface area contributed by atoms with Crippen molar-refractivity contribution in [2.24, 2.45) is 0 Å². The number of ether oxygens (including phenoxy) is 1. The molecule has 0 spiro atoms. The van der Waals surface area contributed by atoms with Crippen molar-refractivity contribution < 1.29 is 13.9 Å². The van der Waals surface area contributed by atoms with E-state index < -0.39 is 0 Å². The van der Waals surface area contributed by atoms with Gasteiger partial charge >= 0.3 is 5.97 Å². The van der Waals surface area contributed by atoms with E-state index in [9.17, 15) is 9.18 Å². The van der Waals surface area contributed by atoms with E-state index in [-0.39, 0.29) is 24.8 Å². The molecule has 0 aliphatic rings. The van der Waals surface area contributed by atoms with E-state index in [1.165, 1.54) is 12.1 Å². The number of halogens is 2. The van der Waals surface area contributed by atoms with Gasteiger partial charge in [-0.1, -0.05) is 40.2 Å². The first kappa shape index (κ1) is 14.8. The molecule has 0 saturated carbocycles. The number of esters is 1. The second-order valence-electron chi connectivity index (χ2n) is 4.93. The summed E-state index contributed by atoms with van der Waals surface area (Å²) in [7, 11) is 0. The van der Waals surface area contributed by atoms with Crippen molar-refractivity contribution >= 4 is 32.8 Å². The molecule has 1 heterocycles. The molecule has 0 atom stereocenters. The highest BCUT2D eigenvalue weighted by Gasteiger charge is 2.11. The lowest BCUT2D eigenvalue weighted by Gasteiger charge is -2.06. The van der Waals surface area contributed by atoms with Gasteiger partial charge in [-0.25, -0.2) is 4.39 Å². The van der Waals surface area contributed by atoms with E-state index in [0.29, 0.717) is 4.47 Å². The SMILES string of the molecule is O=C(Cc1c[nH]c2ccccc12)OCc1ccc(F)cc1Br. The summed E-state index contributed by atoms with van der Waals surface area (Å²) in [6.07, 6.45) is 2.02. The van der Waals surface area contributed by atoms with Crippen LogP contribution in [0.3, 0.4) is 0 Å². The largest absolute Gasteiger partial charge is 0.461 e. The predicted octanol–water partition coefficient (Wildman–Crippen LogP) is 4.36. The van der Waals surface area contributed by atoms with Crippen molar-refractivity contribution in [1.82, 2.24) is 4.98 Å². The number of carbonyl (C=O) groups excluding carboxylic acids is 1. The van der Waals surface area contributed by atoms with Crippen LogP contribution in [0.5, 0.6) is 0 Å². The number of nitrogens with one attached hydrogen (secondary N) is 1. The van der Waals surface area contributed by atoms with Crippen molar-refractivity contribution in [3.05, 3.63) is 70.1 Å². The van der Waals surface area contributed by atoms with Crippen LogP contribution >= 0.6 is 15.9 Å². The smallest absolute Gasteiger partial charge is 0.310 e. The van der Waals surface area contributed by atoms with Gasteiger partial charge in [0.15, 0.2) is 0 Å². The van der Waals surface area contributed by atoms with Crippen LogP contribution in [0, 0.1) is 5.82 Å². The highest BCUT2D eigenvalue weighted by Crippen LogP contribution is 2.20. The van der Waals surface area contributed by atoms with Crippen molar-refractivity contribution in [3.8, 4) is 0 Å². The summed E-state index contributed by atoms with van der Waals surface area (Å²) >= 11 is 3.25. The zero-order valence-electron chi connectivity index (χ0n) is 11.6. The van der Waals surface area contributed by atoms with Crippen LogP contribution in [0.1, 0.15) is 11.1 Å². The van der Waals surface area contributed by atoms with Gasteiger partial charge in [0, 0.05) is 27.1 Å². The van der Waals surface area contributed by atoms with E-state index in [0.717, 1.165) is 22.0 Å². The zero-order chi connectivity index (χ0) is 15.5. The second kappa shape index (κ2) is 6.32. The van der Waals surface area contributed by atoms with E-state index in [4.69, 9.17) is 4.74 Å². The molecular weight excluding hydrogens is 349 g/mol. The molecule has 5 heteroatoms. The van der Waals surface area contributed by atoms with E-state index >= 15 is 0 Å². The Hall–Kier alpha value is -2.14. The molecule has 1 N–H and O–H groups in total. The van der Waals surface area contributed by atoms with E-state index in [1.807, 2.05) is 30.5 Å². The topological polar surface area (TPSA) is 42.1 Å². The van der Waals surface area contributed by atoms with Gasteiger partial charge in [0.2, 0.25) is 0 Å². The standard InChI is InChI=1S/C17H13BrFNO2/c18-15-8-13(19)6-5-11(15)10-22-17(21)7-12-9-20-16-4-2-1-3-14(12)16/h1-6,8-9,20H,7,10H2. The maximum atomic E-state index is 13.0. The molecule has 0 saturated heterocycles. The number of fused-ring (bicyclic) bond motifs is 1. The summed E-state index contributed by atoms with van der Waals surface area (Å²) in [5.74, 6) is -0.651. The monoisotopic (exact) mass is 361 g/mol. The Morgan fingerprint density at radius 2 is 2.00 bits per heavy atom. The van der Waals surface area contributed by atoms with Crippen LogP contribution in [-0.4, -0.2) is 11.0 Å². The maximum absolute atomic E-state index is 13.0. The Morgan fingerprint density at radius 1 is 1.18 bits per heavy atom. The van der Waals surface area contributed by atoms with Crippen molar-refractivity contribution in [3.63, 3.8) is 0 Å². The normalized spacial score (nSPS) is 10.8. The van der Waals surface area contributed by atoms with Crippen LogP contribution in [-0.2, 0) is 22.6 Å². The van der Waals surface area contributed by atoms with Gasteiger partial charge in [-0.2, -0.15) is 0 Å². The van der Waals surface area contributed by atoms with Crippen molar-refractivity contribution in [2.75, 3.05) is 0 Å². The molecule has 2 aromatic carbocycles. The third-order valence-electron chi connectivity index (χ3n) is 3.41. The van der Waals surface area contributed by atoms with Crippen LogP contribution in [0.2, 0.25) is 0 Å². The van der Waals surface area contributed by atoms with Gasteiger partial charge in [-0.15, -0.1) is 0 Å². The molecule has 0 amide bonds. The molecule has 1 aromatic heterocycles. The Bertz CT molecular complexity index is 828. The summed E-state index contributed by atoms with van der Waals surface area (Å²) in [5, 5.41) is 1.02. The Balaban J connectivity index is 1.65. The van der Waals surface area contributed by atoms with E-state index in [1.54, 1.807) is 6.07 Å². The number of aromatic amines is 1. The average Bonchev–Trinajstić information content (AvgIpc) is 2.90. The zero-order valence-corrected chi connectivity index (χ0v) is 13.2. The molecule has 3 rings (SSSR count). The molecule has 112 valence electrons. The number of carbonyl (C=O) groups is 1. The molecular formula is C17H13BrFNO2. The Kier molecular flexibility index (Phi) is 4.24. The summed E-state index contributed by atoms with van der Waals surface area (Å²) < 4.78 is 18.9. The lowest BCUT2D eigenvalue weighted by Crippen LogP contribution is -2.08. The molecule has 0 unspecified atom stereocenters. The van der Waals surface area contributed by atoms with Crippen LogP contribution in [0.25, 0.3) is 10.9 Å². The minimum atomic E-state index is -0.333. The first-order valence-corrected chi connectivity index (χ1v) is 7.57. The number of benzene rings is 2. The summed E-state index contributed by atoms with van der Waals surface area (Å²) in [6, 6.07) is 12.1. The van der Waals surface area contributed by atoms with Crippen molar-refractivity contribution in [2.45, 2.75) is 13.0 Å². The van der Waals surface area contributed by atoms with Gasteiger partial charge in [0.05, 0.1) is 6.42 Å². The quantitative estimate of drug-likeness (QED) is 0.701. The maximum Gasteiger partial charge on any atom is 0.310 e. The third-order valence-corrected chi connectivity index (χ3v) is 4.15. The Morgan fingerprint density at radius 3 is 2.82 bits per heavy atom. The fourth-order valence-electron chi connectivity index (χ4n) is 2.28. The third kappa shape index (κ3) is 3.20. The van der Waals surface area contributed by atoms with Gasteiger partial charge in [0.1, 0.15) is 12.4 Å². The summed E-state index contributed by atoms with van der Waals surface area (Å²) in [6.45, 7) is 0.113. The molecule has 0 bridgehead atoms. The molecule has 3 nitrogen and oxygen atoms in total.